The fraction of sp³-hybridized carbons (Fsp3) is 0.385. The van der Waals surface area contributed by atoms with Crippen LogP contribution in [0.2, 0.25) is 0 Å². The average molecular weight is 269 g/mol. The molecule has 1 atom stereocenters. The van der Waals surface area contributed by atoms with Gasteiger partial charge in [0.2, 0.25) is 5.91 Å². The summed E-state index contributed by atoms with van der Waals surface area (Å²) in [7, 11) is 2.66. The van der Waals surface area contributed by atoms with Crippen LogP contribution in [0.4, 0.5) is 4.39 Å². The molecular weight excluding hydrogens is 253 g/mol. The summed E-state index contributed by atoms with van der Waals surface area (Å²) in [5.74, 6) is -1.21. The Labute approximate surface area is 110 Å². The van der Waals surface area contributed by atoms with E-state index in [4.69, 9.17) is 4.74 Å². The minimum absolute atomic E-state index is 0.0302. The molecule has 0 bridgehead atoms. The molecule has 0 aromatic heterocycles. The van der Waals surface area contributed by atoms with Gasteiger partial charge in [-0.25, -0.2) is 4.39 Å². The fourth-order valence-corrected chi connectivity index (χ4v) is 1.56. The summed E-state index contributed by atoms with van der Waals surface area (Å²) in [6.07, 6.45) is -0.0302. The van der Waals surface area contributed by atoms with Crippen LogP contribution in [0.15, 0.2) is 24.3 Å². The van der Waals surface area contributed by atoms with Crippen molar-refractivity contribution in [2.45, 2.75) is 12.5 Å². The summed E-state index contributed by atoms with van der Waals surface area (Å²) < 4.78 is 22.1. The number of nitrogens with one attached hydrogen (secondary N) is 1. The van der Waals surface area contributed by atoms with Gasteiger partial charge in [-0.2, -0.15) is 0 Å². The quantitative estimate of drug-likeness (QED) is 0.788. The number of halogens is 1. The van der Waals surface area contributed by atoms with Crippen molar-refractivity contribution in [3.05, 3.63) is 35.6 Å². The zero-order valence-electron chi connectivity index (χ0n) is 10.8. The Kier molecular flexibility index (Phi) is 5.95. The van der Waals surface area contributed by atoms with Crippen LogP contribution in [0.25, 0.3) is 0 Å². The van der Waals surface area contributed by atoms with Crippen LogP contribution in [-0.2, 0) is 19.1 Å². The molecule has 1 aromatic carbocycles. The summed E-state index contributed by atoms with van der Waals surface area (Å²) in [5.41, 5.74) is 0.622. The highest BCUT2D eigenvalue weighted by Gasteiger charge is 2.18. The maximum absolute atomic E-state index is 12.9. The van der Waals surface area contributed by atoms with Crippen LogP contribution in [0.5, 0.6) is 0 Å². The minimum Gasteiger partial charge on any atom is -0.469 e. The maximum atomic E-state index is 12.9. The molecule has 19 heavy (non-hydrogen) atoms. The van der Waals surface area contributed by atoms with E-state index in [9.17, 15) is 14.0 Å². The van der Waals surface area contributed by atoms with Gasteiger partial charge < -0.3 is 14.8 Å². The van der Waals surface area contributed by atoms with Gasteiger partial charge in [-0.05, 0) is 17.7 Å². The van der Waals surface area contributed by atoms with Gasteiger partial charge in [-0.3, -0.25) is 9.59 Å². The van der Waals surface area contributed by atoms with Crippen molar-refractivity contribution in [3.8, 4) is 0 Å². The van der Waals surface area contributed by atoms with Crippen molar-refractivity contribution in [1.82, 2.24) is 5.32 Å². The summed E-state index contributed by atoms with van der Waals surface area (Å²) in [6, 6.07) is 4.98. The number of carbonyl (C=O) groups is 2. The number of hydrogen-bond donors (Lipinski definition) is 1. The van der Waals surface area contributed by atoms with E-state index in [1.54, 1.807) is 0 Å². The summed E-state index contributed by atoms with van der Waals surface area (Å²) >= 11 is 0. The zero-order valence-corrected chi connectivity index (χ0v) is 10.8. The molecule has 1 N–H and O–H groups in total. The highest BCUT2D eigenvalue weighted by molar-refractivity contribution is 5.79. The van der Waals surface area contributed by atoms with Gasteiger partial charge >= 0.3 is 5.97 Å². The lowest BCUT2D eigenvalue weighted by Crippen LogP contribution is -2.32. The minimum atomic E-state index is -0.573. The Hall–Kier alpha value is -1.95. The van der Waals surface area contributed by atoms with Crippen molar-refractivity contribution in [2.75, 3.05) is 20.8 Å². The second kappa shape index (κ2) is 7.48. The number of methoxy groups -OCH3 is 2. The molecule has 0 heterocycles. The summed E-state index contributed by atoms with van der Waals surface area (Å²) in [5, 5.41) is 2.63. The molecule has 0 radical (unpaired) electrons. The first kappa shape index (κ1) is 15.1. The van der Waals surface area contributed by atoms with Gasteiger partial charge in [0.15, 0.2) is 0 Å². The van der Waals surface area contributed by atoms with E-state index < -0.39 is 12.0 Å². The number of benzene rings is 1. The second-order valence-electron chi connectivity index (χ2n) is 3.88. The Morgan fingerprint density at radius 1 is 1.26 bits per heavy atom. The molecule has 0 saturated heterocycles. The Morgan fingerprint density at radius 3 is 2.42 bits per heavy atom. The SMILES string of the molecule is COCC(=O)NC(CC(=O)OC)c1ccc(F)cc1. The first-order valence-electron chi connectivity index (χ1n) is 5.67. The summed E-state index contributed by atoms with van der Waals surface area (Å²) in [6.45, 7) is -0.112. The molecule has 0 aliphatic rings. The standard InChI is InChI=1S/C13H16FNO4/c1-18-8-12(16)15-11(7-13(17)19-2)9-3-5-10(14)6-4-9/h3-6,11H,7-8H2,1-2H3,(H,15,16). The molecule has 1 aromatic rings. The lowest BCUT2D eigenvalue weighted by molar-refractivity contribution is -0.141. The van der Waals surface area contributed by atoms with E-state index in [2.05, 4.69) is 10.1 Å². The summed E-state index contributed by atoms with van der Waals surface area (Å²) in [4.78, 5) is 22.8. The highest BCUT2D eigenvalue weighted by Crippen LogP contribution is 2.18. The van der Waals surface area contributed by atoms with Gasteiger partial charge in [0.25, 0.3) is 0 Å². The van der Waals surface area contributed by atoms with Crippen LogP contribution >= 0.6 is 0 Å². The van der Waals surface area contributed by atoms with Crippen LogP contribution in [0, 0.1) is 5.82 Å². The predicted octanol–water partition coefficient (Wildman–Crippen LogP) is 1.19. The Morgan fingerprint density at radius 2 is 1.89 bits per heavy atom. The number of rotatable bonds is 6. The second-order valence-corrected chi connectivity index (χ2v) is 3.88. The first-order chi connectivity index (χ1) is 9.06. The van der Waals surface area contributed by atoms with Gasteiger partial charge in [0.1, 0.15) is 12.4 Å². The normalized spacial score (nSPS) is 11.7. The molecule has 0 saturated carbocycles. The van der Waals surface area contributed by atoms with Crippen molar-refractivity contribution in [1.29, 1.82) is 0 Å². The molecule has 6 heteroatoms. The molecule has 1 rings (SSSR count). The van der Waals surface area contributed by atoms with E-state index in [1.807, 2.05) is 0 Å². The Balaban J connectivity index is 2.82. The smallest absolute Gasteiger partial charge is 0.307 e. The maximum Gasteiger partial charge on any atom is 0.307 e. The third-order valence-corrected chi connectivity index (χ3v) is 2.48. The van der Waals surface area contributed by atoms with Crippen molar-refractivity contribution >= 4 is 11.9 Å². The lowest BCUT2D eigenvalue weighted by atomic mass is 10.0. The number of hydrogen-bond acceptors (Lipinski definition) is 4. The molecule has 1 unspecified atom stereocenters. The Bertz CT molecular complexity index is 433. The van der Waals surface area contributed by atoms with E-state index in [1.165, 1.54) is 38.5 Å². The molecule has 0 spiro atoms. The van der Waals surface area contributed by atoms with Crippen LogP contribution in [-0.4, -0.2) is 32.7 Å². The highest BCUT2D eigenvalue weighted by atomic mass is 19.1. The van der Waals surface area contributed by atoms with E-state index >= 15 is 0 Å². The van der Waals surface area contributed by atoms with Crippen molar-refractivity contribution in [2.24, 2.45) is 0 Å². The first-order valence-corrected chi connectivity index (χ1v) is 5.67. The molecule has 0 aliphatic heterocycles. The monoisotopic (exact) mass is 269 g/mol. The van der Waals surface area contributed by atoms with Crippen LogP contribution in [0.3, 0.4) is 0 Å². The predicted molar refractivity (Wildman–Crippen MR) is 65.8 cm³/mol. The van der Waals surface area contributed by atoms with Gasteiger partial charge in [0.05, 0.1) is 19.6 Å². The zero-order chi connectivity index (χ0) is 14.3. The molecule has 0 aliphatic carbocycles. The number of carbonyl (C=O) groups excluding carboxylic acids is 2. The van der Waals surface area contributed by atoms with Gasteiger partial charge in [0, 0.05) is 7.11 Å². The van der Waals surface area contributed by atoms with Crippen LogP contribution < -0.4 is 5.32 Å². The molecule has 0 fully saturated rings. The molecular formula is C13H16FNO4. The number of amides is 1. The molecule has 5 nitrogen and oxygen atoms in total. The molecule has 1 amide bonds. The van der Waals surface area contributed by atoms with E-state index in [0.717, 1.165) is 0 Å². The number of ether oxygens (including phenoxy) is 2. The average Bonchev–Trinajstić information content (AvgIpc) is 2.39. The lowest BCUT2D eigenvalue weighted by Gasteiger charge is -2.18. The van der Waals surface area contributed by atoms with Crippen LogP contribution in [0.1, 0.15) is 18.0 Å². The van der Waals surface area contributed by atoms with Gasteiger partial charge in [-0.15, -0.1) is 0 Å². The number of esters is 1. The molecule has 104 valence electrons. The largest absolute Gasteiger partial charge is 0.469 e. The third-order valence-electron chi connectivity index (χ3n) is 2.48. The third kappa shape index (κ3) is 5.05. The fourth-order valence-electron chi connectivity index (χ4n) is 1.56. The van der Waals surface area contributed by atoms with Crippen molar-refractivity contribution in [3.63, 3.8) is 0 Å². The van der Waals surface area contributed by atoms with E-state index in [-0.39, 0.29) is 24.8 Å². The topological polar surface area (TPSA) is 64.6 Å². The van der Waals surface area contributed by atoms with E-state index in [0.29, 0.717) is 5.56 Å². The van der Waals surface area contributed by atoms with Gasteiger partial charge in [-0.1, -0.05) is 12.1 Å². The van der Waals surface area contributed by atoms with Crippen molar-refractivity contribution < 1.29 is 23.5 Å².